The van der Waals surface area contributed by atoms with Crippen molar-refractivity contribution in [2.45, 2.75) is 52.4 Å². The molecule has 5 nitrogen and oxygen atoms in total. The average Bonchev–Trinajstić information content (AvgIpc) is 3.32. The molecule has 0 bridgehead atoms. The predicted molar refractivity (Wildman–Crippen MR) is 138 cm³/mol. The first kappa shape index (κ1) is 28.0. The van der Waals surface area contributed by atoms with Crippen LogP contribution in [0, 0.1) is 0 Å². The van der Waals surface area contributed by atoms with Crippen molar-refractivity contribution < 1.29 is 22.8 Å². The Morgan fingerprint density at radius 3 is 2.32 bits per heavy atom. The number of halogens is 3. The zero-order valence-electron chi connectivity index (χ0n) is 21.4. The fourth-order valence-electron chi connectivity index (χ4n) is 4.18. The van der Waals surface area contributed by atoms with Crippen molar-refractivity contribution >= 4 is 11.8 Å². The van der Waals surface area contributed by atoms with Crippen LogP contribution in [0.3, 0.4) is 0 Å². The van der Waals surface area contributed by atoms with Crippen molar-refractivity contribution in [1.82, 2.24) is 14.4 Å². The first-order chi connectivity index (χ1) is 17.7. The van der Waals surface area contributed by atoms with Crippen LogP contribution in [0.15, 0.2) is 72.9 Å². The Morgan fingerprint density at radius 1 is 0.892 bits per heavy atom. The first-order valence-corrected chi connectivity index (χ1v) is 12.6. The number of unbranched alkanes of at least 4 members (excludes halogenated alkanes) is 2. The Balaban J connectivity index is 1.75. The molecule has 0 aliphatic heterocycles. The predicted octanol–water partition coefficient (Wildman–Crippen LogP) is 6.24. The number of aromatic nitrogens is 1. The molecule has 0 fully saturated rings. The number of benzene rings is 2. The second-order valence-electron chi connectivity index (χ2n) is 9.03. The van der Waals surface area contributed by atoms with E-state index in [9.17, 15) is 22.8 Å². The third kappa shape index (κ3) is 7.97. The summed E-state index contributed by atoms with van der Waals surface area (Å²) in [7, 11) is 0. The summed E-state index contributed by atoms with van der Waals surface area (Å²) < 4.78 is 41.3. The van der Waals surface area contributed by atoms with Crippen LogP contribution in [-0.2, 0) is 24.1 Å². The molecule has 1 aromatic heterocycles. The van der Waals surface area contributed by atoms with Crippen LogP contribution in [-0.4, -0.2) is 45.8 Å². The molecule has 0 radical (unpaired) electrons. The Kier molecular flexibility index (Phi) is 9.94. The van der Waals surface area contributed by atoms with E-state index in [0.717, 1.165) is 37.1 Å². The number of nitrogens with zero attached hydrogens (tertiary/aromatic N) is 3. The maximum Gasteiger partial charge on any atom is 0.416 e. The van der Waals surface area contributed by atoms with E-state index in [0.29, 0.717) is 30.8 Å². The molecule has 2 amide bonds. The second kappa shape index (κ2) is 13.1. The Bertz CT molecular complexity index is 1160. The lowest BCUT2D eigenvalue weighted by Crippen LogP contribution is -2.43. The average molecular weight is 514 g/mol. The largest absolute Gasteiger partial charge is 0.416 e. The molecular weight excluding hydrogens is 479 g/mol. The van der Waals surface area contributed by atoms with Crippen molar-refractivity contribution in [2.75, 3.05) is 19.6 Å². The van der Waals surface area contributed by atoms with Crippen LogP contribution in [0.25, 0.3) is 0 Å². The summed E-state index contributed by atoms with van der Waals surface area (Å²) in [4.78, 5) is 29.6. The topological polar surface area (TPSA) is 45.6 Å². The van der Waals surface area contributed by atoms with Gasteiger partial charge in [0.05, 0.1) is 12.1 Å². The Hall–Kier alpha value is -3.55. The fraction of sp³-hybridized carbons (Fsp3) is 0.379. The van der Waals surface area contributed by atoms with Gasteiger partial charge in [0.15, 0.2) is 0 Å². The van der Waals surface area contributed by atoms with Gasteiger partial charge in [0, 0.05) is 37.1 Å². The van der Waals surface area contributed by atoms with Crippen molar-refractivity contribution in [3.05, 3.63) is 95.3 Å². The van der Waals surface area contributed by atoms with Crippen LogP contribution in [0.1, 0.15) is 60.3 Å². The number of carbonyl (C=O) groups is 2. The molecule has 0 saturated carbocycles. The number of rotatable bonds is 12. The van der Waals surface area contributed by atoms with Crippen molar-refractivity contribution in [3.63, 3.8) is 0 Å². The lowest BCUT2D eigenvalue weighted by molar-refractivity contribution is -0.137. The molecule has 198 valence electrons. The molecule has 8 heteroatoms. The van der Waals surface area contributed by atoms with Crippen molar-refractivity contribution in [3.8, 4) is 0 Å². The van der Waals surface area contributed by atoms with Gasteiger partial charge in [0.1, 0.15) is 6.54 Å². The van der Waals surface area contributed by atoms with Gasteiger partial charge in [-0.3, -0.25) is 9.59 Å². The molecule has 0 aliphatic rings. The maximum absolute atomic E-state index is 13.4. The summed E-state index contributed by atoms with van der Waals surface area (Å²) in [6.07, 6.45) is 0.203. The van der Waals surface area contributed by atoms with Gasteiger partial charge < -0.3 is 14.4 Å². The fourth-order valence-corrected chi connectivity index (χ4v) is 4.18. The highest BCUT2D eigenvalue weighted by Gasteiger charge is 2.30. The van der Waals surface area contributed by atoms with Gasteiger partial charge in [-0.15, -0.1) is 0 Å². The van der Waals surface area contributed by atoms with E-state index >= 15 is 0 Å². The zero-order chi connectivity index (χ0) is 26.8. The van der Waals surface area contributed by atoms with E-state index in [1.165, 1.54) is 11.0 Å². The van der Waals surface area contributed by atoms with Crippen LogP contribution < -0.4 is 0 Å². The molecule has 0 saturated heterocycles. The van der Waals surface area contributed by atoms with Gasteiger partial charge in [0.2, 0.25) is 5.91 Å². The molecule has 3 rings (SSSR count). The number of hydrogen-bond acceptors (Lipinski definition) is 2. The summed E-state index contributed by atoms with van der Waals surface area (Å²) in [5.74, 6) is -0.355. The lowest BCUT2D eigenvalue weighted by Gasteiger charge is -2.28. The van der Waals surface area contributed by atoms with Gasteiger partial charge in [-0.25, -0.2) is 0 Å². The summed E-state index contributed by atoms with van der Waals surface area (Å²) in [6, 6.07) is 17.9. The zero-order valence-corrected chi connectivity index (χ0v) is 21.4. The normalized spacial score (nSPS) is 11.4. The van der Waals surface area contributed by atoms with Gasteiger partial charge >= 0.3 is 6.18 Å². The SMILES string of the molecule is CCCCCN(Cc1cccn1Cc1cccc(C(F)(F)F)c1)C(=O)CN(CC)C(=O)c1ccccc1. The second-order valence-corrected chi connectivity index (χ2v) is 9.03. The molecular formula is C29H34F3N3O2. The number of amides is 2. The van der Waals surface area contributed by atoms with Crippen LogP contribution in [0.2, 0.25) is 0 Å². The highest BCUT2D eigenvalue weighted by Crippen LogP contribution is 2.29. The summed E-state index contributed by atoms with van der Waals surface area (Å²) in [5.41, 5.74) is 1.20. The third-order valence-electron chi connectivity index (χ3n) is 6.28. The monoisotopic (exact) mass is 513 g/mol. The number of carbonyl (C=O) groups excluding carboxylic acids is 2. The smallest absolute Gasteiger partial charge is 0.345 e. The molecule has 2 aromatic carbocycles. The molecule has 3 aromatic rings. The van der Waals surface area contributed by atoms with Crippen LogP contribution in [0.5, 0.6) is 0 Å². The van der Waals surface area contributed by atoms with Crippen LogP contribution >= 0.6 is 0 Å². The van der Waals surface area contributed by atoms with Crippen molar-refractivity contribution in [2.24, 2.45) is 0 Å². The molecule has 0 N–H and O–H groups in total. The Labute approximate surface area is 216 Å². The quantitative estimate of drug-likeness (QED) is 0.269. The van der Waals surface area contributed by atoms with Gasteiger partial charge in [0.25, 0.3) is 5.91 Å². The molecule has 0 atom stereocenters. The number of alkyl halides is 3. The summed E-state index contributed by atoms with van der Waals surface area (Å²) in [5, 5.41) is 0. The molecule has 0 aliphatic carbocycles. The van der Waals surface area contributed by atoms with E-state index < -0.39 is 11.7 Å². The van der Waals surface area contributed by atoms with E-state index in [1.807, 2.05) is 35.9 Å². The van der Waals surface area contributed by atoms with Gasteiger partial charge in [-0.1, -0.05) is 50.1 Å². The van der Waals surface area contributed by atoms with Crippen LogP contribution in [0.4, 0.5) is 13.2 Å². The summed E-state index contributed by atoms with van der Waals surface area (Å²) >= 11 is 0. The minimum atomic E-state index is -4.40. The molecule has 0 unspecified atom stereocenters. The van der Waals surface area contributed by atoms with E-state index in [-0.39, 0.29) is 24.9 Å². The van der Waals surface area contributed by atoms with Gasteiger partial charge in [-0.2, -0.15) is 13.2 Å². The number of hydrogen-bond donors (Lipinski definition) is 0. The third-order valence-corrected chi connectivity index (χ3v) is 6.28. The van der Waals surface area contributed by atoms with E-state index in [1.54, 1.807) is 35.2 Å². The highest BCUT2D eigenvalue weighted by atomic mass is 19.4. The first-order valence-electron chi connectivity index (χ1n) is 12.6. The standard InChI is InChI=1S/C29H34F3N3O2/c1-3-5-9-17-35(27(36)22-33(4-2)28(37)24-13-7-6-8-14-24)21-26-16-11-18-34(26)20-23-12-10-15-25(19-23)29(30,31)32/h6-8,10-16,18-19H,3-5,9,17,20-22H2,1-2H3. The highest BCUT2D eigenvalue weighted by molar-refractivity contribution is 5.96. The molecule has 1 heterocycles. The minimum Gasteiger partial charge on any atom is -0.345 e. The lowest BCUT2D eigenvalue weighted by atomic mass is 10.1. The molecule has 0 spiro atoms. The van der Waals surface area contributed by atoms with E-state index in [4.69, 9.17) is 0 Å². The van der Waals surface area contributed by atoms with E-state index in [2.05, 4.69) is 6.92 Å². The maximum atomic E-state index is 13.4. The summed E-state index contributed by atoms with van der Waals surface area (Å²) in [6.45, 7) is 5.40. The minimum absolute atomic E-state index is 0.0370. The Morgan fingerprint density at radius 2 is 1.65 bits per heavy atom. The van der Waals surface area contributed by atoms with Crippen molar-refractivity contribution in [1.29, 1.82) is 0 Å². The number of likely N-dealkylation sites (N-methyl/N-ethyl adjacent to an activating group) is 1. The molecule has 37 heavy (non-hydrogen) atoms. The van der Waals surface area contributed by atoms with Gasteiger partial charge in [-0.05, 0) is 55.3 Å².